The molecule has 28 heavy (non-hydrogen) atoms. The highest BCUT2D eigenvalue weighted by Gasteiger charge is 2.48. The third-order valence-electron chi connectivity index (χ3n) is 4.08. The van der Waals surface area contributed by atoms with Crippen LogP contribution in [0, 0.1) is 0 Å². The van der Waals surface area contributed by atoms with Crippen molar-refractivity contribution < 1.29 is 42.9 Å². The smallest absolute Gasteiger partial charge is 0.374 e. The van der Waals surface area contributed by atoms with E-state index in [2.05, 4.69) is 4.74 Å². The van der Waals surface area contributed by atoms with Crippen LogP contribution in [0.3, 0.4) is 0 Å². The van der Waals surface area contributed by atoms with E-state index in [1.54, 1.807) is 19.1 Å². The lowest BCUT2D eigenvalue weighted by molar-refractivity contribution is -0.147. The second kappa shape index (κ2) is 7.55. The predicted octanol–water partition coefficient (Wildman–Crippen LogP) is 1.08. The van der Waals surface area contributed by atoms with Gasteiger partial charge < -0.3 is 23.7 Å². The number of rotatable bonds is 4. The maximum atomic E-state index is 13.1. The van der Waals surface area contributed by atoms with Crippen LogP contribution in [-0.4, -0.2) is 50.6 Å². The summed E-state index contributed by atoms with van der Waals surface area (Å²) in [5.41, 5.74) is -0.477. The Labute approximate surface area is 159 Å². The molecule has 0 fully saturated rings. The van der Waals surface area contributed by atoms with E-state index < -0.39 is 41.3 Å². The van der Waals surface area contributed by atoms with E-state index in [4.69, 9.17) is 18.9 Å². The fourth-order valence-corrected chi connectivity index (χ4v) is 2.87. The molecule has 0 amide bonds. The van der Waals surface area contributed by atoms with Crippen molar-refractivity contribution in [1.82, 2.24) is 0 Å². The molecule has 0 saturated heterocycles. The van der Waals surface area contributed by atoms with E-state index in [0.29, 0.717) is 0 Å². The summed E-state index contributed by atoms with van der Waals surface area (Å²) in [5.74, 6) is -4.58. The average molecular weight is 388 g/mol. The third kappa shape index (κ3) is 3.00. The number of ketones is 1. The van der Waals surface area contributed by atoms with Gasteiger partial charge >= 0.3 is 17.9 Å². The molecule has 1 aromatic carbocycles. The number of methoxy groups -OCH3 is 2. The molecule has 9 heteroatoms. The Hall–Kier alpha value is -3.62. The number of esters is 3. The van der Waals surface area contributed by atoms with Crippen molar-refractivity contribution in [3.8, 4) is 5.75 Å². The Morgan fingerprint density at radius 3 is 2.32 bits per heavy atom. The summed E-state index contributed by atoms with van der Waals surface area (Å²) in [5, 5.41) is 0. The number of benzene rings is 1. The minimum absolute atomic E-state index is 0.00357. The Morgan fingerprint density at radius 2 is 1.68 bits per heavy atom. The molecule has 1 unspecified atom stereocenters. The number of ether oxygens (including phenoxy) is 5. The van der Waals surface area contributed by atoms with Crippen molar-refractivity contribution in [2.24, 2.45) is 0 Å². The van der Waals surface area contributed by atoms with Gasteiger partial charge in [0, 0.05) is 0 Å². The number of para-hydroxylation sites is 1. The first kappa shape index (κ1) is 19.2. The monoisotopic (exact) mass is 388 g/mol. The number of fused-ring (bicyclic) bond motifs is 2. The van der Waals surface area contributed by atoms with Crippen molar-refractivity contribution >= 4 is 23.7 Å². The van der Waals surface area contributed by atoms with Gasteiger partial charge in [0.15, 0.2) is 6.10 Å². The van der Waals surface area contributed by atoms with Crippen molar-refractivity contribution in [2.45, 2.75) is 13.0 Å². The molecule has 0 spiro atoms. The van der Waals surface area contributed by atoms with Crippen LogP contribution < -0.4 is 4.74 Å². The van der Waals surface area contributed by atoms with Crippen molar-refractivity contribution in [3.05, 3.63) is 52.5 Å². The van der Waals surface area contributed by atoms with Gasteiger partial charge in [0.25, 0.3) is 0 Å². The molecule has 2 aliphatic heterocycles. The number of hydrogen-bond donors (Lipinski definition) is 0. The lowest BCUT2D eigenvalue weighted by atomic mass is 9.87. The van der Waals surface area contributed by atoms with E-state index in [9.17, 15) is 19.2 Å². The van der Waals surface area contributed by atoms with E-state index in [0.717, 1.165) is 14.2 Å². The fraction of sp³-hybridized carbons (Fsp3) is 0.263. The summed E-state index contributed by atoms with van der Waals surface area (Å²) >= 11 is 0. The SMILES string of the molecule is CCOC(=O)C1=C2C(=O)c3ccccc3OC2C(C(=O)OC)=C(C(=O)OC)O1. The van der Waals surface area contributed by atoms with Crippen LogP contribution >= 0.6 is 0 Å². The quantitative estimate of drug-likeness (QED) is 0.552. The third-order valence-corrected chi connectivity index (χ3v) is 4.08. The Balaban J connectivity index is 2.27. The zero-order valence-electron chi connectivity index (χ0n) is 15.3. The molecule has 0 radical (unpaired) electrons. The van der Waals surface area contributed by atoms with Gasteiger partial charge in [-0.05, 0) is 19.1 Å². The largest absolute Gasteiger partial charge is 0.479 e. The van der Waals surface area contributed by atoms with Crippen LogP contribution in [0.2, 0.25) is 0 Å². The number of Topliss-reactive ketones (excluding diaryl/α,β-unsaturated/α-hetero) is 1. The molecule has 0 aliphatic carbocycles. The fourth-order valence-electron chi connectivity index (χ4n) is 2.87. The highest BCUT2D eigenvalue weighted by molar-refractivity contribution is 6.18. The van der Waals surface area contributed by atoms with Gasteiger partial charge in [-0.1, -0.05) is 12.1 Å². The maximum Gasteiger partial charge on any atom is 0.374 e. The highest BCUT2D eigenvalue weighted by Crippen LogP contribution is 2.40. The second-order valence-corrected chi connectivity index (χ2v) is 5.61. The molecular formula is C19H16O9. The molecule has 146 valence electrons. The van der Waals surface area contributed by atoms with E-state index in [-0.39, 0.29) is 29.1 Å². The lowest BCUT2D eigenvalue weighted by Gasteiger charge is -2.33. The van der Waals surface area contributed by atoms with Gasteiger partial charge in [0.2, 0.25) is 17.3 Å². The number of carbonyl (C=O) groups is 4. The molecule has 0 saturated carbocycles. The molecule has 1 aromatic rings. The van der Waals surface area contributed by atoms with E-state index >= 15 is 0 Å². The van der Waals surface area contributed by atoms with E-state index in [1.165, 1.54) is 12.1 Å². The Kier molecular flexibility index (Phi) is 5.16. The van der Waals surface area contributed by atoms with Gasteiger partial charge in [-0.3, -0.25) is 4.79 Å². The molecular weight excluding hydrogens is 372 g/mol. The van der Waals surface area contributed by atoms with Gasteiger partial charge in [-0.15, -0.1) is 0 Å². The van der Waals surface area contributed by atoms with Gasteiger partial charge in [-0.25, -0.2) is 14.4 Å². The predicted molar refractivity (Wildman–Crippen MR) is 91.0 cm³/mol. The summed E-state index contributed by atoms with van der Waals surface area (Å²) in [4.78, 5) is 50.0. The molecule has 0 aromatic heterocycles. The lowest BCUT2D eigenvalue weighted by Crippen LogP contribution is -2.42. The Bertz CT molecular complexity index is 938. The van der Waals surface area contributed by atoms with Gasteiger partial charge in [0.05, 0.1) is 32.0 Å². The summed E-state index contributed by atoms with van der Waals surface area (Å²) in [6.07, 6.45) is -1.41. The zero-order valence-corrected chi connectivity index (χ0v) is 15.3. The first-order chi connectivity index (χ1) is 13.4. The van der Waals surface area contributed by atoms with Gasteiger partial charge in [0.1, 0.15) is 11.3 Å². The number of carbonyl (C=O) groups excluding carboxylic acids is 4. The minimum atomic E-state index is -1.41. The highest BCUT2D eigenvalue weighted by atomic mass is 16.6. The minimum Gasteiger partial charge on any atom is -0.479 e. The van der Waals surface area contributed by atoms with Crippen LogP contribution in [0.4, 0.5) is 0 Å². The summed E-state index contributed by atoms with van der Waals surface area (Å²) in [7, 11) is 2.16. The zero-order chi connectivity index (χ0) is 20.4. The number of hydrogen-bond acceptors (Lipinski definition) is 9. The molecule has 3 rings (SSSR count). The first-order valence-corrected chi connectivity index (χ1v) is 8.24. The second-order valence-electron chi connectivity index (χ2n) is 5.61. The standard InChI is InChI=1S/C19H16O9/c1-4-26-19(23)15-11-13(20)9-7-5-6-8-10(9)27-14(11)12(17(21)24-2)16(28-15)18(22)25-3/h5-8,14H,4H2,1-3H3. The summed E-state index contributed by atoms with van der Waals surface area (Å²) in [6, 6.07) is 6.28. The van der Waals surface area contributed by atoms with Crippen molar-refractivity contribution in [2.75, 3.05) is 20.8 Å². The topological polar surface area (TPSA) is 114 Å². The van der Waals surface area contributed by atoms with Crippen molar-refractivity contribution in [3.63, 3.8) is 0 Å². The molecule has 1 atom stereocenters. The Morgan fingerprint density at radius 1 is 1.00 bits per heavy atom. The van der Waals surface area contributed by atoms with Crippen LogP contribution in [0.25, 0.3) is 0 Å². The molecule has 0 bridgehead atoms. The molecule has 9 nitrogen and oxygen atoms in total. The molecule has 0 N–H and O–H groups in total. The van der Waals surface area contributed by atoms with Gasteiger partial charge in [-0.2, -0.15) is 0 Å². The average Bonchev–Trinajstić information content (AvgIpc) is 2.71. The summed E-state index contributed by atoms with van der Waals surface area (Å²) in [6.45, 7) is 1.56. The van der Waals surface area contributed by atoms with Crippen molar-refractivity contribution in [1.29, 1.82) is 0 Å². The van der Waals surface area contributed by atoms with Crippen LogP contribution in [0.1, 0.15) is 17.3 Å². The maximum absolute atomic E-state index is 13.1. The molecule has 2 aliphatic rings. The summed E-state index contributed by atoms with van der Waals surface area (Å²) < 4.78 is 25.4. The van der Waals surface area contributed by atoms with Crippen LogP contribution in [0.15, 0.2) is 46.9 Å². The van der Waals surface area contributed by atoms with Crippen LogP contribution in [0.5, 0.6) is 5.75 Å². The first-order valence-electron chi connectivity index (χ1n) is 8.24. The molecule has 2 heterocycles. The van der Waals surface area contributed by atoms with E-state index in [1.807, 2.05) is 0 Å². The normalized spacial score (nSPS) is 17.7. The van der Waals surface area contributed by atoms with Crippen LogP contribution in [-0.2, 0) is 33.3 Å².